The number of aromatic nitrogens is 2. The summed E-state index contributed by atoms with van der Waals surface area (Å²) in [5, 5.41) is 3.85. The topological polar surface area (TPSA) is 107 Å². The minimum atomic E-state index is -3.71. The Hall–Kier alpha value is -2.39. The SMILES string of the molecule is CCn1c(=O)oc2cc(S(=O)(=O)NCCc3c(C)noc3C)ccc21. The van der Waals surface area contributed by atoms with Crippen molar-refractivity contribution in [2.75, 3.05) is 6.54 Å². The van der Waals surface area contributed by atoms with Gasteiger partial charge in [0.25, 0.3) is 0 Å². The van der Waals surface area contributed by atoms with Crippen molar-refractivity contribution in [2.24, 2.45) is 0 Å². The fourth-order valence-electron chi connectivity index (χ4n) is 2.77. The Labute approximate surface area is 144 Å². The molecule has 0 unspecified atom stereocenters. The summed E-state index contributed by atoms with van der Waals surface area (Å²) in [5.74, 6) is 0.180. The Morgan fingerprint density at radius 3 is 2.68 bits per heavy atom. The molecule has 0 spiro atoms. The number of nitrogens with zero attached hydrogens (tertiary/aromatic N) is 2. The first-order chi connectivity index (χ1) is 11.8. The number of hydrogen-bond acceptors (Lipinski definition) is 6. The van der Waals surface area contributed by atoms with Gasteiger partial charge in [0.2, 0.25) is 10.0 Å². The van der Waals surface area contributed by atoms with Gasteiger partial charge >= 0.3 is 5.76 Å². The minimum absolute atomic E-state index is 0.0516. The van der Waals surface area contributed by atoms with Gasteiger partial charge in [-0.1, -0.05) is 5.16 Å². The molecule has 3 aromatic rings. The van der Waals surface area contributed by atoms with Crippen LogP contribution >= 0.6 is 0 Å². The number of nitrogens with one attached hydrogen (secondary N) is 1. The summed E-state index contributed by atoms with van der Waals surface area (Å²) in [6, 6.07) is 4.40. The van der Waals surface area contributed by atoms with Crippen LogP contribution in [0.5, 0.6) is 0 Å². The van der Waals surface area contributed by atoms with Gasteiger partial charge in [-0.25, -0.2) is 17.9 Å². The highest BCUT2D eigenvalue weighted by atomic mass is 32.2. The average Bonchev–Trinajstić information content (AvgIpc) is 3.06. The smallest absolute Gasteiger partial charge is 0.408 e. The van der Waals surface area contributed by atoms with E-state index in [4.69, 9.17) is 8.94 Å². The van der Waals surface area contributed by atoms with Gasteiger partial charge < -0.3 is 8.94 Å². The predicted molar refractivity (Wildman–Crippen MR) is 91.0 cm³/mol. The van der Waals surface area contributed by atoms with E-state index in [9.17, 15) is 13.2 Å². The van der Waals surface area contributed by atoms with Gasteiger partial charge in [0, 0.05) is 24.7 Å². The third kappa shape index (κ3) is 3.24. The maximum Gasteiger partial charge on any atom is 0.419 e. The zero-order valence-corrected chi connectivity index (χ0v) is 15.0. The quantitative estimate of drug-likeness (QED) is 0.713. The van der Waals surface area contributed by atoms with Crippen LogP contribution in [-0.4, -0.2) is 24.7 Å². The Kier molecular flexibility index (Phi) is 4.53. The van der Waals surface area contributed by atoms with Crippen molar-refractivity contribution in [1.82, 2.24) is 14.4 Å². The van der Waals surface area contributed by atoms with Crippen LogP contribution in [0.3, 0.4) is 0 Å². The predicted octanol–water partition coefficient (Wildman–Crippen LogP) is 1.74. The molecular formula is C16H19N3O5S. The first kappa shape index (κ1) is 17.4. The Balaban J connectivity index is 1.80. The summed E-state index contributed by atoms with van der Waals surface area (Å²) >= 11 is 0. The molecule has 0 fully saturated rings. The van der Waals surface area contributed by atoms with Crippen LogP contribution in [0.4, 0.5) is 0 Å². The number of fused-ring (bicyclic) bond motifs is 1. The van der Waals surface area contributed by atoms with Gasteiger partial charge in [0.15, 0.2) is 5.58 Å². The fourth-order valence-corrected chi connectivity index (χ4v) is 3.81. The highest BCUT2D eigenvalue weighted by Gasteiger charge is 2.18. The highest BCUT2D eigenvalue weighted by molar-refractivity contribution is 7.89. The van der Waals surface area contributed by atoms with Crippen LogP contribution in [0.25, 0.3) is 11.1 Å². The van der Waals surface area contributed by atoms with Crippen LogP contribution in [0, 0.1) is 13.8 Å². The van der Waals surface area contributed by atoms with Crippen molar-refractivity contribution < 1.29 is 17.4 Å². The van der Waals surface area contributed by atoms with Gasteiger partial charge in [0.05, 0.1) is 16.1 Å². The second-order valence-corrected chi connectivity index (χ2v) is 7.46. The summed E-state index contributed by atoms with van der Waals surface area (Å²) < 4.78 is 39.1. The lowest BCUT2D eigenvalue weighted by atomic mass is 10.1. The molecule has 2 aromatic heterocycles. The molecule has 0 aliphatic heterocycles. The average molecular weight is 365 g/mol. The zero-order valence-electron chi connectivity index (χ0n) is 14.2. The van der Waals surface area contributed by atoms with E-state index in [1.165, 1.54) is 16.7 Å². The number of benzene rings is 1. The third-order valence-electron chi connectivity index (χ3n) is 4.11. The van der Waals surface area contributed by atoms with E-state index < -0.39 is 15.8 Å². The van der Waals surface area contributed by atoms with E-state index in [1.807, 2.05) is 13.8 Å². The van der Waals surface area contributed by atoms with E-state index in [1.54, 1.807) is 13.0 Å². The van der Waals surface area contributed by atoms with Gasteiger partial charge in [-0.15, -0.1) is 0 Å². The number of rotatable bonds is 6. The summed E-state index contributed by atoms with van der Waals surface area (Å²) in [6.07, 6.45) is 0.476. The molecule has 2 heterocycles. The van der Waals surface area contributed by atoms with Crippen molar-refractivity contribution in [3.05, 3.63) is 45.8 Å². The maximum atomic E-state index is 12.5. The molecule has 0 aliphatic carbocycles. The van der Waals surface area contributed by atoms with Crippen LogP contribution in [0.2, 0.25) is 0 Å². The van der Waals surface area contributed by atoms with Crippen molar-refractivity contribution >= 4 is 21.1 Å². The summed E-state index contributed by atoms with van der Waals surface area (Å²) in [5.41, 5.74) is 2.47. The second kappa shape index (κ2) is 6.49. The second-order valence-electron chi connectivity index (χ2n) is 5.69. The molecule has 3 rings (SSSR count). The molecule has 0 atom stereocenters. The van der Waals surface area contributed by atoms with Crippen molar-refractivity contribution in [2.45, 2.75) is 38.6 Å². The molecule has 25 heavy (non-hydrogen) atoms. The Morgan fingerprint density at radius 2 is 2.04 bits per heavy atom. The summed E-state index contributed by atoms with van der Waals surface area (Å²) in [4.78, 5) is 11.8. The number of oxazole rings is 1. The summed E-state index contributed by atoms with van der Waals surface area (Å²) in [6.45, 7) is 6.08. The van der Waals surface area contributed by atoms with Crippen molar-refractivity contribution in [3.63, 3.8) is 0 Å². The van der Waals surface area contributed by atoms with Crippen LogP contribution in [0.1, 0.15) is 23.9 Å². The molecule has 0 bridgehead atoms. The third-order valence-corrected chi connectivity index (χ3v) is 5.57. The standard InChI is InChI=1S/C16H19N3O5S/c1-4-19-14-6-5-12(9-15(14)23-16(19)20)25(21,22)17-8-7-13-10(2)18-24-11(13)3/h5-6,9,17H,4,7-8H2,1-3H3. The monoisotopic (exact) mass is 365 g/mol. The molecule has 1 N–H and O–H groups in total. The molecule has 1 aromatic carbocycles. The zero-order chi connectivity index (χ0) is 18.2. The maximum absolute atomic E-state index is 12.5. The molecule has 0 saturated heterocycles. The fraction of sp³-hybridized carbons (Fsp3) is 0.375. The number of sulfonamides is 1. The van der Waals surface area contributed by atoms with Crippen molar-refractivity contribution in [1.29, 1.82) is 0 Å². The van der Waals surface area contributed by atoms with E-state index in [2.05, 4.69) is 9.88 Å². The first-order valence-corrected chi connectivity index (χ1v) is 9.36. The summed E-state index contributed by atoms with van der Waals surface area (Å²) in [7, 11) is -3.71. The van der Waals surface area contributed by atoms with Crippen LogP contribution < -0.4 is 10.5 Å². The van der Waals surface area contributed by atoms with Gasteiger partial charge in [-0.3, -0.25) is 4.57 Å². The van der Waals surface area contributed by atoms with Crippen LogP contribution in [-0.2, 0) is 23.0 Å². The lowest BCUT2D eigenvalue weighted by Gasteiger charge is -2.07. The molecule has 9 heteroatoms. The number of aryl methyl sites for hydroxylation is 3. The van der Waals surface area contributed by atoms with E-state index >= 15 is 0 Å². The molecule has 0 radical (unpaired) electrons. The van der Waals surface area contributed by atoms with E-state index in [0.29, 0.717) is 24.2 Å². The first-order valence-electron chi connectivity index (χ1n) is 7.88. The van der Waals surface area contributed by atoms with Gasteiger partial charge in [0.1, 0.15) is 5.76 Å². The minimum Gasteiger partial charge on any atom is -0.408 e. The highest BCUT2D eigenvalue weighted by Crippen LogP contribution is 2.19. The molecule has 0 amide bonds. The van der Waals surface area contributed by atoms with Crippen LogP contribution in [0.15, 0.2) is 36.8 Å². The van der Waals surface area contributed by atoms with Gasteiger partial charge in [-0.2, -0.15) is 0 Å². The lowest BCUT2D eigenvalue weighted by Crippen LogP contribution is -2.26. The van der Waals surface area contributed by atoms with Gasteiger partial charge in [-0.05, 0) is 39.3 Å². The molecular weight excluding hydrogens is 346 g/mol. The van der Waals surface area contributed by atoms with E-state index in [0.717, 1.165) is 11.3 Å². The Bertz CT molecular complexity index is 1060. The number of hydrogen-bond donors (Lipinski definition) is 1. The van der Waals surface area contributed by atoms with Crippen molar-refractivity contribution in [3.8, 4) is 0 Å². The van der Waals surface area contributed by atoms with E-state index in [-0.39, 0.29) is 17.0 Å². The molecule has 0 saturated carbocycles. The largest absolute Gasteiger partial charge is 0.419 e. The Morgan fingerprint density at radius 1 is 1.28 bits per heavy atom. The molecule has 134 valence electrons. The molecule has 8 nitrogen and oxygen atoms in total. The molecule has 0 aliphatic rings. The normalized spacial score (nSPS) is 12.1. The lowest BCUT2D eigenvalue weighted by molar-refractivity contribution is 0.392.